The van der Waals surface area contributed by atoms with Gasteiger partial charge in [0.2, 0.25) is 0 Å². The van der Waals surface area contributed by atoms with Crippen molar-refractivity contribution < 1.29 is 9.47 Å². The molecule has 0 aliphatic carbocycles. The minimum atomic E-state index is 0.655. The maximum absolute atomic E-state index is 5.78. The maximum atomic E-state index is 5.78. The molecule has 1 aliphatic heterocycles. The van der Waals surface area contributed by atoms with Crippen LogP contribution >= 0.6 is 0 Å². The molecule has 1 aliphatic rings. The standard InChI is InChI=1S/C17H19N5O2/c1-2-16(14-11-19-17-3-4-20-22(17)13-14)18-12-15(1)24-10-7-21-5-8-23-9-6-21/h1-4,11-13H,5-10H2. The van der Waals surface area contributed by atoms with E-state index in [1.165, 1.54) is 0 Å². The number of ether oxygens (including phenoxy) is 2. The molecule has 1 fully saturated rings. The van der Waals surface area contributed by atoms with Crippen molar-refractivity contribution in [1.29, 1.82) is 0 Å². The molecule has 7 heteroatoms. The summed E-state index contributed by atoms with van der Waals surface area (Å²) >= 11 is 0. The highest BCUT2D eigenvalue weighted by molar-refractivity contribution is 5.58. The zero-order valence-corrected chi connectivity index (χ0v) is 13.3. The Morgan fingerprint density at radius 1 is 1.08 bits per heavy atom. The first-order valence-corrected chi connectivity index (χ1v) is 8.07. The third kappa shape index (κ3) is 3.37. The van der Waals surface area contributed by atoms with Gasteiger partial charge < -0.3 is 9.47 Å². The lowest BCUT2D eigenvalue weighted by atomic mass is 10.2. The van der Waals surface area contributed by atoms with Gasteiger partial charge in [-0.3, -0.25) is 9.88 Å². The second kappa shape index (κ2) is 6.94. The molecular formula is C17H19N5O2. The van der Waals surface area contributed by atoms with Crippen LogP contribution in [0, 0.1) is 0 Å². The largest absolute Gasteiger partial charge is 0.491 e. The third-order valence-electron chi connectivity index (χ3n) is 4.06. The molecule has 0 aromatic carbocycles. The monoisotopic (exact) mass is 325 g/mol. The number of morpholine rings is 1. The third-order valence-corrected chi connectivity index (χ3v) is 4.06. The zero-order chi connectivity index (χ0) is 16.2. The van der Waals surface area contributed by atoms with E-state index in [9.17, 15) is 0 Å². The lowest BCUT2D eigenvalue weighted by Crippen LogP contribution is -2.38. The van der Waals surface area contributed by atoms with Gasteiger partial charge in [-0.2, -0.15) is 5.10 Å². The van der Waals surface area contributed by atoms with Gasteiger partial charge >= 0.3 is 0 Å². The van der Waals surface area contributed by atoms with Crippen LogP contribution in [0.1, 0.15) is 0 Å². The van der Waals surface area contributed by atoms with Gasteiger partial charge in [-0.25, -0.2) is 9.50 Å². The van der Waals surface area contributed by atoms with Gasteiger partial charge in [0, 0.05) is 43.7 Å². The van der Waals surface area contributed by atoms with Crippen molar-refractivity contribution in [2.45, 2.75) is 0 Å². The van der Waals surface area contributed by atoms with E-state index in [0.29, 0.717) is 6.61 Å². The van der Waals surface area contributed by atoms with Gasteiger partial charge in [-0.05, 0) is 12.1 Å². The van der Waals surface area contributed by atoms with E-state index in [-0.39, 0.29) is 0 Å². The van der Waals surface area contributed by atoms with E-state index >= 15 is 0 Å². The molecule has 4 heterocycles. The van der Waals surface area contributed by atoms with E-state index < -0.39 is 0 Å². The van der Waals surface area contributed by atoms with Gasteiger partial charge in [-0.1, -0.05) is 0 Å². The normalized spacial score (nSPS) is 15.7. The van der Waals surface area contributed by atoms with Crippen LogP contribution in [-0.2, 0) is 4.74 Å². The Kier molecular flexibility index (Phi) is 4.35. The Morgan fingerprint density at radius 2 is 2.00 bits per heavy atom. The maximum Gasteiger partial charge on any atom is 0.154 e. The number of hydrogen-bond acceptors (Lipinski definition) is 6. The van der Waals surface area contributed by atoms with Crippen LogP contribution in [0.4, 0.5) is 0 Å². The number of nitrogens with zero attached hydrogens (tertiary/aromatic N) is 5. The Labute approximate surface area is 139 Å². The lowest BCUT2D eigenvalue weighted by molar-refractivity contribution is 0.0322. The molecule has 0 spiro atoms. The molecule has 0 saturated carbocycles. The fraction of sp³-hybridized carbons (Fsp3) is 0.353. The van der Waals surface area contributed by atoms with Crippen LogP contribution in [0.5, 0.6) is 5.75 Å². The molecule has 3 aromatic rings. The van der Waals surface area contributed by atoms with Crippen molar-refractivity contribution >= 4 is 5.65 Å². The van der Waals surface area contributed by atoms with E-state index in [1.807, 2.05) is 24.4 Å². The van der Waals surface area contributed by atoms with Crippen molar-refractivity contribution in [3.05, 3.63) is 43.0 Å². The van der Waals surface area contributed by atoms with Crippen molar-refractivity contribution in [2.24, 2.45) is 0 Å². The molecule has 3 aromatic heterocycles. The summed E-state index contributed by atoms with van der Waals surface area (Å²) < 4.78 is 12.9. The number of fused-ring (bicyclic) bond motifs is 1. The summed E-state index contributed by atoms with van der Waals surface area (Å²) in [7, 11) is 0. The van der Waals surface area contributed by atoms with Crippen LogP contribution in [0.15, 0.2) is 43.0 Å². The van der Waals surface area contributed by atoms with Crippen molar-refractivity contribution in [2.75, 3.05) is 39.5 Å². The summed E-state index contributed by atoms with van der Waals surface area (Å²) in [6.45, 7) is 5.13. The molecule has 0 atom stereocenters. The summed E-state index contributed by atoms with van der Waals surface area (Å²) in [6, 6.07) is 5.74. The smallest absolute Gasteiger partial charge is 0.154 e. The Bertz CT molecular complexity index is 796. The molecular weight excluding hydrogens is 306 g/mol. The highest BCUT2D eigenvalue weighted by Crippen LogP contribution is 2.19. The summed E-state index contributed by atoms with van der Waals surface area (Å²) in [6.07, 6.45) is 7.20. The average Bonchev–Trinajstić information content (AvgIpc) is 3.11. The highest BCUT2D eigenvalue weighted by atomic mass is 16.5. The number of hydrogen-bond donors (Lipinski definition) is 0. The Morgan fingerprint density at radius 3 is 2.83 bits per heavy atom. The lowest BCUT2D eigenvalue weighted by Gasteiger charge is -2.26. The first-order chi connectivity index (χ1) is 11.9. The van der Waals surface area contributed by atoms with E-state index in [0.717, 1.165) is 55.5 Å². The quantitative estimate of drug-likeness (QED) is 0.708. The second-order valence-corrected chi connectivity index (χ2v) is 5.66. The predicted octanol–water partition coefficient (Wildman–Crippen LogP) is 1.50. The molecule has 0 N–H and O–H groups in total. The van der Waals surface area contributed by atoms with E-state index in [4.69, 9.17) is 9.47 Å². The van der Waals surface area contributed by atoms with E-state index in [1.54, 1.807) is 23.1 Å². The summed E-state index contributed by atoms with van der Waals surface area (Å²) in [5.41, 5.74) is 2.59. The molecule has 7 nitrogen and oxygen atoms in total. The number of aromatic nitrogens is 4. The zero-order valence-electron chi connectivity index (χ0n) is 13.3. The molecule has 1 saturated heterocycles. The molecule has 0 radical (unpaired) electrons. The second-order valence-electron chi connectivity index (χ2n) is 5.66. The fourth-order valence-electron chi connectivity index (χ4n) is 2.70. The van der Waals surface area contributed by atoms with E-state index in [2.05, 4.69) is 20.0 Å². The van der Waals surface area contributed by atoms with Gasteiger partial charge in [0.05, 0.1) is 31.3 Å². The molecule has 0 unspecified atom stereocenters. The van der Waals surface area contributed by atoms with Crippen molar-refractivity contribution in [1.82, 2.24) is 24.5 Å². The Balaban J connectivity index is 1.37. The Hall–Kier alpha value is -2.51. The minimum Gasteiger partial charge on any atom is -0.491 e. The van der Waals surface area contributed by atoms with Crippen LogP contribution in [0.2, 0.25) is 0 Å². The first-order valence-electron chi connectivity index (χ1n) is 8.07. The minimum absolute atomic E-state index is 0.655. The number of pyridine rings is 1. The SMILES string of the molecule is c1cc2ncc(-c3ccc(OCCN4CCOCC4)cn3)cn2n1. The van der Waals surface area contributed by atoms with Gasteiger partial charge in [0.1, 0.15) is 12.4 Å². The topological polar surface area (TPSA) is 64.8 Å². The average molecular weight is 325 g/mol. The van der Waals surface area contributed by atoms with Gasteiger partial charge in [0.15, 0.2) is 5.65 Å². The first kappa shape index (κ1) is 15.0. The fourth-order valence-corrected chi connectivity index (χ4v) is 2.70. The highest BCUT2D eigenvalue weighted by Gasteiger charge is 2.10. The molecule has 0 bridgehead atoms. The summed E-state index contributed by atoms with van der Waals surface area (Å²) in [5, 5.41) is 4.20. The summed E-state index contributed by atoms with van der Waals surface area (Å²) in [4.78, 5) is 11.2. The molecule has 24 heavy (non-hydrogen) atoms. The van der Waals surface area contributed by atoms with Gasteiger partial charge in [0.25, 0.3) is 0 Å². The molecule has 0 amide bonds. The van der Waals surface area contributed by atoms with Crippen molar-refractivity contribution in [3.8, 4) is 17.0 Å². The number of rotatable bonds is 5. The molecule has 124 valence electrons. The van der Waals surface area contributed by atoms with Crippen molar-refractivity contribution in [3.63, 3.8) is 0 Å². The summed E-state index contributed by atoms with van der Waals surface area (Å²) in [5.74, 6) is 0.778. The van der Waals surface area contributed by atoms with Crippen LogP contribution in [-0.4, -0.2) is 63.9 Å². The molecule has 4 rings (SSSR count). The predicted molar refractivity (Wildman–Crippen MR) is 89.0 cm³/mol. The van der Waals surface area contributed by atoms with Crippen LogP contribution in [0.3, 0.4) is 0 Å². The van der Waals surface area contributed by atoms with Crippen LogP contribution in [0.25, 0.3) is 16.9 Å². The van der Waals surface area contributed by atoms with Crippen LogP contribution < -0.4 is 4.74 Å². The van der Waals surface area contributed by atoms with Gasteiger partial charge in [-0.15, -0.1) is 0 Å².